The molecule has 0 aromatic heterocycles. The van der Waals surface area contributed by atoms with Crippen LogP contribution < -0.4 is 10.6 Å². The number of hydrogen-bond acceptors (Lipinski definition) is 3. The fourth-order valence-electron chi connectivity index (χ4n) is 2.02. The summed E-state index contributed by atoms with van der Waals surface area (Å²) in [5.41, 5.74) is 3.33. The fourth-order valence-corrected chi connectivity index (χ4v) is 2.02. The first-order valence-corrected chi connectivity index (χ1v) is 6.42. The van der Waals surface area contributed by atoms with Crippen molar-refractivity contribution in [1.82, 2.24) is 5.32 Å². The average molecular weight is 248 g/mol. The van der Waals surface area contributed by atoms with Crippen molar-refractivity contribution in [2.75, 3.05) is 18.5 Å². The summed E-state index contributed by atoms with van der Waals surface area (Å²) in [6.07, 6.45) is 0.633. The molecule has 1 amide bonds. The van der Waals surface area contributed by atoms with Crippen LogP contribution in [0.4, 0.5) is 10.5 Å². The van der Waals surface area contributed by atoms with Crippen LogP contribution in [0.5, 0.6) is 0 Å². The molecular formula is C14H20N2O2. The summed E-state index contributed by atoms with van der Waals surface area (Å²) in [6.45, 7) is 6.27. The molecule has 1 aromatic carbocycles. The topological polar surface area (TPSA) is 50.4 Å². The third-order valence-electron chi connectivity index (χ3n) is 2.93. The van der Waals surface area contributed by atoms with Gasteiger partial charge in [-0.25, -0.2) is 4.79 Å². The summed E-state index contributed by atoms with van der Waals surface area (Å²) in [7, 11) is 0. The van der Waals surface area contributed by atoms with Crippen molar-refractivity contribution in [2.24, 2.45) is 5.92 Å². The van der Waals surface area contributed by atoms with Crippen molar-refractivity contribution in [1.29, 1.82) is 0 Å². The Morgan fingerprint density at radius 2 is 2.33 bits per heavy atom. The molecule has 0 atom stereocenters. The molecule has 0 spiro atoms. The first-order valence-electron chi connectivity index (χ1n) is 6.42. The normalized spacial score (nSPS) is 14.2. The molecular weight excluding hydrogens is 228 g/mol. The van der Waals surface area contributed by atoms with Crippen LogP contribution in [0.15, 0.2) is 18.2 Å². The van der Waals surface area contributed by atoms with E-state index in [4.69, 9.17) is 4.74 Å². The quantitative estimate of drug-likeness (QED) is 0.864. The number of rotatable bonds is 3. The lowest BCUT2D eigenvalue weighted by molar-refractivity contribution is 0.147. The van der Waals surface area contributed by atoms with E-state index in [1.165, 1.54) is 11.1 Å². The molecule has 18 heavy (non-hydrogen) atoms. The number of carbonyl (C=O) groups is 1. The number of ether oxygens (including phenoxy) is 1. The number of amides is 1. The minimum atomic E-state index is -0.373. The predicted molar refractivity (Wildman–Crippen MR) is 71.7 cm³/mol. The van der Waals surface area contributed by atoms with E-state index in [2.05, 4.69) is 16.7 Å². The van der Waals surface area contributed by atoms with Gasteiger partial charge in [-0.2, -0.15) is 0 Å². The Morgan fingerprint density at radius 3 is 3.11 bits per heavy atom. The molecule has 0 radical (unpaired) electrons. The van der Waals surface area contributed by atoms with Gasteiger partial charge in [-0.05, 0) is 36.1 Å². The SMILES string of the molecule is CC(C)COC(=O)Nc1cccc2c1CNCC2. The zero-order valence-electron chi connectivity index (χ0n) is 11.0. The summed E-state index contributed by atoms with van der Waals surface area (Å²) >= 11 is 0. The molecule has 98 valence electrons. The molecule has 0 aliphatic carbocycles. The first-order chi connectivity index (χ1) is 8.66. The maximum absolute atomic E-state index is 11.6. The highest BCUT2D eigenvalue weighted by molar-refractivity contribution is 5.86. The van der Waals surface area contributed by atoms with Gasteiger partial charge in [-0.1, -0.05) is 26.0 Å². The second-order valence-electron chi connectivity index (χ2n) is 4.99. The Labute approximate surface area is 108 Å². The van der Waals surface area contributed by atoms with Crippen LogP contribution in [0.1, 0.15) is 25.0 Å². The van der Waals surface area contributed by atoms with Gasteiger partial charge in [0.25, 0.3) is 0 Å². The average Bonchev–Trinajstić information content (AvgIpc) is 2.37. The molecule has 0 bridgehead atoms. The highest BCUT2D eigenvalue weighted by atomic mass is 16.5. The third kappa shape index (κ3) is 3.23. The number of fused-ring (bicyclic) bond motifs is 1. The van der Waals surface area contributed by atoms with E-state index >= 15 is 0 Å². The van der Waals surface area contributed by atoms with Crippen LogP contribution in [-0.4, -0.2) is 19.2 Å². The minimum absolute atomic E-state index is 0.349. The Kier molecular flexibility index (Phi) is 4.20. The third-order valence-corrected chi connectivity index (χ3v) is 2.93. The predicted octanol–water partition coefficient (Wildman–Crippen LogP) is 2.54. The lowest BCUT2D eigenvalue weighted by Crippen LogP contribution is -2.26. The maximum Gasteiger partial charge on any atom is 0.411 e. The molecule has 4 nitrogen and oxygen atoms in total. The molecule has 0 saturated carbocycles. The summed E-state index contributed by atoms with van der Waals surface area (Å²) in [5, 5.41) is 6.14. The van der Waals surface area contributed by atoms with Crippen molar-refractivity contribution in [3.63, 3.8) is 0 Å². The Hall–Kier alpha value is -1.55. The van der Waals surface area contributed by atoms with Gasteiger partial charge in [0.2, 0.25) is 0 Å². The molecule has 0 fully saturated rings. The molecule has 0 unspecified atom stereocenters. The van der Waals surface area contributed by atoms with Crippen molar-refractivity contribution in [3.8, 4) is 0 Å². The van der Waals surface area contributed by atoms with E-state index in [9.17, 15) is 4.79 Å². The summed E-state index contributed by atoms with van der Waals surface area (Å²) < 4.78 is 5.13. The zero-order chi connectivity index (χ0) is 13.0. The number of hydrogen-bond donors (Lipinski definition) is 2. The highest BCUT2D eigenvalue weighted by Gasteiger charge is 2.14. The monoisotopic (exact) mass is 248 g/mol. The van der Waals surface area contributed by atoms with Gasteiger partial charge in [0.15, 0.2) is 0 Å². The fraction of sp³-hybridized carbons (Fsp3) is 0.500. The van der Waals surface area contributed by atoms with E-state index in [0.717, 1.165) is 25.2 Å². The van der Waals surface area contributed by atoms with Gasteiger partial charge in [0.1, 0.15) is 0 Å². The molecule has 4 heteroatoms. The van der Waals surface area contributed by atoms with E-state index in [-0.39, 0.29) is 6.09 Å². The summed E-state index contributed by atoms with van der Waals surface area (Å²) in [4.78, 5) is 11.6. The Morgan fingerprint density at radius 1 is 1.50 bits per heavy atom. The highest BCUT2D eigenvalue weighted by Crippen LogP contribution is 2.23. The van der Waals surface area contributed by atoms with Crippen LogP contribution in [-0.2, 0) is 17.7 Å². The first kappa shape index (κ1) is 12.9. The second-order valence-corrected chi connectivity index (χ2v) is 4.99. The van der Waals surface area contributed by atoms with Crippen molar-refractivity contribution in [2.45, 2.75) is 26.8 Å². The van der Waals surface area contributed by atoms with E-state index in [1.54, 1.807) is 0 Å². The number of anilines is 1. The lowest BCUT2D eigenvalue weighted by atomic mass is 9.99. The van der Waals surface area contributed by atoms with Gasteiger partial charge in [-0.15, -0.1) is 0 Å². The molecule has 1 aliphatic heterocycles. The molecule has 0 saturated heterocycles. The molecule has 1 aromatic rings. The minimum Gasteiger partial charge on any atom is -0.449 e. The van der Waals surface area contributed by atoms with E-state index in [1.807, 2.05) is 26.0 Å². The number of carbonyl (C=O) groups excluding carboxylic acids is 1. The van der Waals surface area contributed by atoms with Gasteiger partial charge < -0.3 is 10.1 Å². The standard InChI is InChI=1S/C14H20N2O2/c1-10(2)9-18-14(17)16-13-5-3-4-11-6-7-15-8-12(11)13/h3-5,10,15H,6-9H2,1-2H3,(H,16,17). The van der Waals surface area contributed by atoms with Crippen LogP contribution in [0, 0.1) is 5.92 Å². The largest absolute Gasteiger partial charge is 0.449 e. The van der Waals surface area contributed by atoms with Gasteiger partial charge >= 0.3 is 6.09 Å². The van der Waals surface area contributed by atoms with Crippen molar-refractivity contribution < 1.29 is 9.53 Å². The zero-order valence-corrected chi connectivity index (χ0v) is 11.0. The molecule has 1 aliphatic rings. The summed E-state index contributed by atoms with van der Waals surface area (Å²) in [6, 6.07) is 6.01. The van der Waals surface area contributed by atoms with E-state index < -0.39 is 0 Å². The van der Waals surface area contributed by atoms with Crippen LogP contribution in [0.3, 0.4) is 0 Å². The smallest absolute Gasteiger partial charge is 0.411 e. The lowest BCUT2D eigenvalue weighted by Gasteiger charge is -2.20. The van der Waals surface area contributed by atoms with Gasteiger partial charge in [0, 0.05) is 12.2 Å². The molecule has 1 heterocycles. The van der Waals surface area contributed by atoms with Gasteiger partial charge in [0.05, 0.1) is 6.61 Å². The molecule has 2 rings (SSSR count). The Balaban J connectivity index is 2.03. The van der Waals surface area contributed by atoms with Crippen LogP contribution >= 0.6 is 0 Å². The number of benzene rings is 1. The van der Waals surface area contributed by atoms with E-state index in [0.29, 0.717) is 12.5 Å². The number of nitrogens with one attached hydrogen (secondary N) is 2. The Bertz CT molecular complexity index is 430. The van der Waals surface area contributed by atoms with Crippen LogP contribution in [0.2, 0.25) is 0 Å². The maximum atomic E-state index is 11.6. The summed E-state index contributed by atoms with van der Waals surface area (Å²) in [5.74, 6) is 0.349. The molecule has 2 N–H and O–H groups in total. The van der Waals surface area contributed by atoms with Crippen molar-refractivity contribution in [3.05, 3.63) is 29.3 Å². The van der Waals surface area contributed by atoms with Crippen molar-refractivity contribution >= 4 is 11.8 Å². The van der Waals surface area contributed by atoms with Crippen LogP contribution in [0.25, 0.3) is 0 Å². The second kappa shape index (κ2) is 5.87. The van der Waals surface area contributed by atoms with Gasteiger partial charge in [-0.3, -0.25) is 5.32 Å².